The van der Waals surface area contributed by atoms with Crippen molar-refractivity contribution >= 4 is 35.6 Å². The Morgan fingerprint density at radius 3 is 2.57 bits per heavy atom. The third kappa shape index (κ3) is 4.03. The molecule has 0 radical (unpaired) electrons. The van der Waals surface area contributed by atoms with Gasteiger partial charge in [0.25, 0.3) is 5.91 Å². The average Bonchev–Trinajstić information content (AvgIpc) is 3.09. The number of nitrogens with zero attached hydrogens (tertiary/aromatic N) is 2. The lowest BCUT2D eigenvalue weighted by molar-refractivity contribution is -0.140. The Morgan fingerprint density at radius 1 is 1.26 bits per heavy atom. The third-order valence-electron chi connectivity index (χ3n) is 4.19. The van der Waals surface area contributed by atoms with Crippen LogP contribution in [-0.2, 0) is 9.53 Å². The Bertz CT molecular complexity index is 532. The fraction of sp³-hybridized carbons (Fsp3) is 0.600. The van der Waals surface area contributed by atoms with Crippen LogP contribution in [0, 0.1) is 0 Å². The van der Waals surface area contributed by atoms with Crippen LogP contribution < -0.4 is 5.32 Å². The average molecular weight is 360 g/mol. The Balaban J connectivity index is 0.00000192. The van der Waals surface area contributed by atoms with E-state index in [1.165, 1.54) is 11.3 Å². The predicted molar refractivity (Wildman–Crippen MR) is 91.3 cm³/mol. The van der Waals surface area contributed by atoms with Crippen molar-refractivity contribution in [3.05, 3.63) is 22.4 Å². The minimum Gasteiger partial charge on any atom is -0.375 e. The highest BCUT2D eigenvalue weighted by molar-refractivity contribution is 7.12. The van der Waals surface area contributed by atoms with Gasteiger partial charge in [-0.25, -0.2) is 0 Å². The zero-order valence-corrected chi connectivity index (χ0v) is 14.7. The van der Waals surface area contributed by atoms with E-state index in [1.807, 2.05) is 34.2 Å². The molecule has 2 atom stereocenters. The Hall–Kier alpha value is -1.15. The van der Waals surface area contributed by atoms with Crippen molar-refractivity contribution in [2.45, 2.75) is 19.1 Å². The number of morpholine rings is 1. The summed E-state index contributed by atoms with van der Waals surface area (Å²) in [6.45, 7) is 5.62. The molecule has 6 nitrogen and oxygen atoms in total. The Labute approximate surface area is 146 Å². The van der Waals surface area contributed by atoms with Gasteiger partial charge in [0.1, 0.15) is 6.04 Å². The van der Waals surface area contributed by atoms with Crippen molar-refractivity contribution in [2.24, 2.45) is 0 Å². The zero-order chi connectivity index (χ0) is 15.5. The van der Waals surface area contributed by atoms with Crippen LogP contribution in [0.15, 0.2) is 17.5 Å². The van der Waals surface area contributed by atoms with E-state index in [1.54, 1.807) is 0 Å². The lowest BCUT2D eigenvalue weighted by Gasteiger charge is -2.38. The smallest absolute Gasteiger partial charge is 0.264 e. The summed E-state index contributed by atoms with van der Waals surface area (Å²) in [7, 11) is 0. The number of carbonyl (C=O) groups excluding carboxylic acids is 2. The van der Waals surface area contributed by atoms with E-state index >= 15 is 0 Å². The number of rotatable bonds is 2. The molecule has 8 heteroatoms. The first-order valence-electron chi connectivity index (χ1n) is 7.63. The second-order valence-electron chi connectivity index (χ2n) is 5.60. The van der Waals surface area contributed by atoms with E-state index in [2.05, 4.69) is 5.32 Å². The monoisotopic (exact) mass is 359 g/mol. The van der Waals surface area contributed by atoms with Crippen molar-refractivity contribution in [1.82, 2.24) is 15.1 Å². The van der Waals surface area contributed by atoms with Crippen LogP contribution in [0.5, 0.6) is 0 Å². The van der Waals surface area contributed by atoms with E-state index < -0.39 is 0 Å². The summed E-state index contributed by atoms with van der Waals surface area (Å²) in [5.74, 6) is 0.144. The van der Waals surface area contributed by atoms with Crippen molar-refractivity contribution < 1.29 is 14.3 Å². The van der Waals surface area contributed by atoms with Gasteiger partial charge in [-0.15, -0.1) is 23.7 Å². The molecule has 2 aliphatic rings. The van der Waals surface area contributed by atoms with E-state index in [0.29, 0.717) is 39.3 Å². The maximum atomic E-state index is 12.6. The molecule has 1 N–H and O–H groups in total. The number of halogens is 1. The van der Waals surface area contributed by atoms with Crippen LogP contribution in [0.3, 0.4) is 0 Å². The number of thiophene rings is 1. The first-order chi connectivity index (χ1) is 10.7. The normalized spacial score (nSPS) is 24.9. The summed E-state index contributed by atoms with van der Waals surface area (Å²) in [4.78, 5) is 29.3. The lowest BCUT2D eigenvalue weighted by Crippen LogP contribution is -2.60. The Morgan fingerprint density at radius 2 is 1.96 bits per heavy atom. The quantitative estimate of drug-likeness (QED) is 0.849. The number of hydrogen-bond acceptors (Lipinski definition) is 5. The fourth-order valence-corrected chi connectivity index (χ4v) is 3.58. The second-order valence-corrected chi connectivity index (χ2v) is 6.55. The molecule has 0 bridgehead atoms. The van der Waals surface area contributed by atoms with Gasteiger partial charge in [-0.3, -0.25) is 9.59 Å². The van der Waals surface area contributed by atoms with Gasteiger partial charge in [-0.2, -0.15) is 0 Å². The Kier molecular flexibility index (Phi) is 6.41. The van der Waals surface area contributed by atoms with Crippen molar-refractivity contribution in [3.63, 3.8) is 0 Å². The molecule has 2 amide bonds. The van der Waals surface area contributed by atoms with Crippen LogP contribution in [-0.4, -0.2) is 73.1 Å². The summed E-state index contributed by atoms with van der Waals surface area (Å²) < 4.78 is 5.54. The van der Waals surface area contributed by atoms with Crippen molar-refractivity contribution in [2.75, 3.05) is 39.3 Å². The first kappa shape index (κ1) is 18.2. The number of hydrogen-bond donors (Lipinski definition) is 1. The topological polar surface area (TPSA) is 61.9 Å². The molecule has 1 aromatic rings. The number of nitrogens with one attached hydrogen (secondary N) is 1. The highest BCUT2D eigenvalue weighted by Gasteiger charge is 2.34. The highest BCUT2D eigenvalue weighted by Crippen LogP contribution is 2.15. The molecular weight excluding hydrogens is 338 g/mol. The highest BCUT2D eigenvalue weighted by atomic mass is 35.5. The van der Waals surface area contributed by atoms with E-state index in [4.69, 9.17) is 4.74 Å². The van der Waals surface area contributed by atoms with E-state index in [9.17, 15) is 9.59 Å². The summed E-state index contributed by atoms with van der Waals surface area (Å²) >= 11 is 1.46. The predicted octanol–water partition coefficient (Wildman–Crippen LogP) is 0.831. The van der Waals surface area contributed by atoms with Gasteiger partial charge in [0.05, 0.1) is 17.6 Å². The number of amides is 2. The molecule has 3 heterocycles. The fourth-order valence-electron chi connectivity index (χ4n) is 2.89. The van der Waals surface area contributed by atoms with Crippen molar-refractivity contribution in [1.29, 1.82) is 0 Å². The maximum Gasteiger partial charge on any atom is 0.264 e. The van der Waals surface area contributed by atoms with Crippen LogP contribution in [0.25, 0.3) is 0 Å². The third-order valence-corrected chi connectivity index (χ3v) is 5.05. The maximum absolute atomic E-state index is 12.6. The molecule has 0 spiro atoms. The molecule has 2 saturated heterocycles. The van der Waals surface area contributed by atoms with Crippen LogP contribution >= 0.6 is 23.7 Å². The molecular formula is C15H22ClN3O3S. The summed E-state index contributed by atoms with van der Waals surface area (Å²) in [6, 6.07) is 3.46. The van der Waals surface area contributed by atoms with Gasteiger partial charge >= 0.3 is 0 Å². The molecule has 2 fully saturated rings. The molecule has 0 aromatic carbocycles. The number of carbonyl (C=O) groups is 2. The number of piperazine rings is 1. The minimum absolute atomic E-state index is 0. The van der Waals surface area contributed by atoms with Crippen molar-refractivity contribution in [3.8, 4) is 0 Å². The van der Waals surface area contributed by atoms with Gasteiger partial charge in [0.2, 0.25) is 5.91 Å². The molecule has 2 aliphatic heterocycles. The molecule has 0 saturated carbocycles. The minimum atomic E-state index is -0.270. The molecule has 128 valence electrons. The molecule has 1 aromatic heterocycles. The van der Waals surface area contributed by atoms with Gasteiger partial charge in [0, 0.05) is 32.7 Å². The zero-order valence-electron chi connectivity index (χ0n) is 13.1. The van der Waals surface area contributed by atoms with Crippen LogP contribution in [0.4, 0.5) is 0 Å². The van der Waals surface area contributed by atoms with Gasteiger partial charge in [-0.1, -0.05) is 6.07 Å². The second kappa shape index (κ2) is 8.10. The molecule has 3 rings (SSSR count). The van der Waals surface area contributed by atoms with E-state index in [-0.39, 0.29) is 36.4 Å². The number of ether oxygens (including phenoxy) is 1. The van der Waals surface area contributed by atoms with Crippen LogP contribution in [0.1, 0.15) is 16.6 Å². The lowest BCUT2D eigenvalue weighted by atomic mass is 10.1. The van der Waals surface area contributed by atoms with E-state index in [0.717, 1.165) is 4.88 Å². The summed E-state index contributed by atoms with van der Waals surface area (Å²) in [6.07, 6.45) is -0.105. The summed E-state index contributed by atoms with van der Waals surface area (Å²) in [5.41, 5.74) is 0. The largest absolute Gasteiger partial charge is 0.375 e. The van der Waals surface area contributed by atoms with Gasteiger partial charge < -0.3 is 19.9 Å². The molecule has 0 unspecified atom stereocenters. The summed E-state index contributed by atoms with van der Waals surface area (Å²) in [5, 5.41) is 5.13. The van der Waals surface area contributed by atoms with Gasteiger partial charge in [-0.05, 0) is 18.4 Å². The van der Waals surface area contributed by atoms with Crippen LogP contribution in [0.2, 0.25) is 0 Å². The standard InChI is InChI=1S/C15H21N3O3S.ClH/c1-11-13(16-4-9-21-11)15(20)18-7-5-17(6-8-18)14(19)12-3-2-10-22-12;/h2-3,10-11,13,16H,4-9H2,1H3;1H/t11-,13+;/m1./s1. The first-order valence-corrected chi connectivity index (χ1v) is 8.51. The SMILES string of the molecule is C[C@H]1OCCN[C@@H]1C(=O)N1CCN(C(=O)c2cccs2)CC1.Cl. The van der Waals surface area contributed by atoms with Gasteiger partial charge in [0.15, 0.2) is 0 Å². The molecule has 23 heavy (non-hydrogen) atoms. The molecule has 0 aliphatic carbocycles.